The number of carbonyl (C=O) groups is 5. The van der Waals surface area contributed by atoms with Crippen molar-refractivity contribution in [3.63, 3.8) is 0 Å². The van der Waals surface area contributed by atoms with E-state index >= 15 is 0 Å². The van der Waals surface area contributed by atoms with Crippen molar-refractivity contribution in [3.05, 3.63) is 119 Å². The molecule has 5 N–H and O–H groups in total. The van der Waals surface area contributed by atoms with Gasteiger partial charge in [0, 0.05) is 96.5 Å². The molecule has 0 aliphatic carbocycles. The molecule has 6 aliphatic heterocycles. The van der Waals surface area contributed by atoms with Crippen LogP contribution in [-0.4, -0.2) is 201 Å². The summed E-state index contributed by atoms with van der Waals surface area (Å²) in [6.07, 6.45) is -0.776. The summed E-state index contributed by atoms with van der Waals surface area (Å²) in [6, 6.07) is 17.7. The third-order valence-electron chi connectivity index (χ3n) is 16.8. The normalized spacial score (nSPS) is 24.6. The van der Waals surface area contributed by atoms with E-state index in [1.807, 2.05) is 13.0 Å². The zero-order valence-electron chi connectivity index (χ0n) is 50.9. The number of amides is 5. The molecule has 8 atom stereocenters. The number of carbonyl (C=O) groups excluding carboxylic acids is 5. The molecule has 5 amide bonds. The fourth-order valence-electron chi connectivity index (χ4n) is 12.2. The van der Waals surface area contributed by atoms with E-state index in [0.717, 1.165) is 11.1 Å². The predicted molar refractivity (Wildman–Crippen MR) is 323 cm³/mol. The van der Waals surface area contributed by atoms with Gasteiger partial charge in [0.05, 0.1) is 65.2 Å². The Kier molecular flexibility index (Phi) is 21.4. The van der Waals surface area contributed by atoms with E-state index in [9.17, 15) is 59.8 Å². The molecule has 8 bridgehead atoms. The maximum absolute atomic E-state index is 14.8. The van der Waals surface area contributed by atoms with Crippen molar-refractivity contribution in [2.75, 3.05) is 78.7 Å². The van der Waals surface area contributed by atoms with Gasteiger partial charge in [0.2, 0.25) is 43.7 Å². The third kappa shape index (κ3) is 17.0. The Morgan fingerprint density at radius 3 is 1.56 bits per heavy atom. The Morgan fingerprint density at radius 1 is 0.596 bits per heavy atom. The zero-order valence-corrected chi connectivity index (χ0v) is 52.6. The molecule has 0 aromatic heterocycles. The van der Waals surface area contributed by atoms with Gasteiger partial charge in [-0.15, -0.1) is 0 Å². The summed E-state index contributed by atoms with van der Waals surface area (Å²) >= 11 is 0. The molecule has 2 unspecified atom stereocenters. The molecule has 4 aromatic carbocycles. The van der Waals surface area contributed by atoms with Gasteiger partial charge in [-0.1, -0.05) is 24.3 Å². The number of aliphatic hydroxyl groups excluding tert-OH is 2. The van der Waals surface area contributed by atoms with Crippen LogP contribution in [0.4, 0.5) is 13.6 Å². The Morgan fingerprint density at radius 2 is 1.08 bits per heavy atom. The van der Waals surface area contributed by atoms with Gasteiger partial charge < -0.3 is 50.2 Å². The highest BCUT2D eigenvalue weighted by Gasteiger charge is 2.46. The number of aliphatic hydroxyl groups is 2. The summed E-state index contributed by atoms with van der Waals surface area (Å²) in [7, 11) is -7.85. The minimum absolute atomic E-state index is 0.00520. The van der Waals surface area contributed by atoms with Gasteiger partial charge in [0.15, 0.2) is 0 Å². The number of aryl methyl sites for hydroxylation is 2. The average Bonchev–Trinajstić information content (AvgIpc) is 1.63. The van der Waals surface area contributed by atoms with Crippen molar-refractivity contribution < 1.29 is 74.0 Å². The number of nitrogens with zero attached hydrogens (tertiary/aromatic N) is 5. The van der Waals surface area contributed by atoms with Crippen LogP contribution in [0, 0.1) is 37.3 Å². The van der Waals surface area contributed by atoms with Crippen LogP contribution < -0.4 is 25.4 Å². The SMILES string of the molecule is Cc1cccc(S(=O)(=O)N2CCN(C(=O)OC(C)(C)C)[C@@H]([C@@H](O)[C@@H]3Cc4cc(F)cc(c4)OCCCCN4CC(CC4=O)C(=O)N3)C2)c1.Cc1cccc(S(=O)(=O)N2CCN[C@@H]([C@@H](O)[C@@H]3Cc4cc(F)cc(c4)OCCCCN4CC(CC4=O)C(=O)N3)C2)c1. The third-order valence-corrected chi connectivity index (χ3v) is 20.6. The topological polar surface area (TPSA) is 274 Å². The van der Waals surface area contributed by atoms with E-state index < -0.39 is 97.5 Å². The van der Waals surface area contributed by atoms with E-state index in [4.69, 9.17) is 14.2 Å². The summed E-state index contributed by atoms with van der Waals surface area (Å²) in [5, 5.41) is 32.7. The molecule has 0 spiro atoms. The summed E-state index contributed by atoms with van der Waals surface area (Å²) in [4.78, 5) is 70.7. The maximum Gasteiger partial charge on any atom is 0.410 e. The number of benzene rings is 4. The van der Waals surface area contributed by atoms with Gasteiger partial charge in [-0.2, -0.15) is 8.61 Å². The van der Waals surface area contributed by atoms with E-state index in [1.165, 1.54) is 43.8 Å². The highest BCUT2D eigenvalue weighted by Crippen LogP contribution is 2.30. The van der Waals surface area contributed by atoms with Gasteiger partial charge in [0.1, 0.15) is 28.7 Å². The van der Waals surface area contributed by atoms with Crippen LogP contribution in [0.3, 0.4) is 0 Å². The Hall–Kier alpha value is -6.81. The van der Waals surface area contributed by atoms with Gasteiger partial charge in [0.25, 0.3) is 0 Å². The summed E-state index contributed by atoms with van der Waals surface area (Å²) in [6.45, 7) is 10.9. The van der Waals surface area contributed by atoms with Crippen LogP contribution in [0.2, 0.25) is 0 Å². The first-order valence-electron chi connectivity index (χ1n) is 30.4. The Balaban J connectivity index is 0.000000214. The molecule has 22 nitrogen and oxygen atoms in total. The lowest BCUT2D eigenvalue weighted by molar-refractivity contribution is -0.129. The number of nitrogens with one attached hydrogen (secondary N) is 3. The van der Waals surface area contributed by atoms with E-state index in [1.54, 1.807) is 86.0 Å². The number of fused-ring (bicyclic) bond motifs is 8. The number of ether oxygens (including phenoxy) is 3. The molecule has 0 radical (unpaired) electrons. The monoisotopic (exact) mass is 1280 g/mol. The molecule has 10 rings (SSSR count). The van der Waals surface area contributed by atoms with Crippen molar-refractivity contribution >= 4 is 49.8 Å². The summed E-state index contributed by atoms with van der Waals surface area (Å²) in [5.41, 5.74) is 1.62. The number of piperazine rings is 2. The first kappa shape index (κ1) is 66.6. The maximum atomic E-state index is 14.8. The second-order valence-electron chi connectivity index (χ2n) is 25.0. The second kappa shape index (κ2) is 28.6. The van der Waals surface area contributed by atoms with Crippen LogP contribution in [0.15, 0.2) is 94.7 Å². The van der Waals surface area contributed by atoms with Crippen LogP contribution in [0.5, 0.6) is 11.5 Å². The largest absolute Gasteiger partial charge is 0.493 e. The van der Waals surface area contributed by atoms with Gasteiger partial charge >= 0.3 is 6.09 Å². The minimum Gasteiger partial charge on any atom is -0.493 e. The lowest BCUT2D eigenvalue weighted by atomic mass is 9.93. The number of hydrogen-bond donors (Lipinski definition) is 5. The lowest BCUT2D eigenvalue weighted by Gasteiger charge is -2.44. The number of hydrogen-bond acceptors (Lipinski definition) is 15. The Labute approximate surface area is 519 Å². The molecule has 484 valence electrons. The molecular formula is C63H82F2N8O14S2. The first-order chi connectivity index (χ1) is 42.2. The van der Waals surface area contributed by atoms with E-state index in [2.05, 4.69) is 16.0 Å². The molecular weight excluding hydrogens is 1190 g/mol. The quantitative estimate of drug-likeness (QED) is 0.166. The van der Waals surface area contributed by atoms with Crippen LogP contribution in [0.25, 0.3) is 0 Å². The lowest BCUT2D eigenvalue weighted by Crippen LogP contribution is -2.65. The van der Waals surface area contributed by atoms with Gasteiger partial charge in [-0.05, 0) is 144 Å². The molecule has 26 heteroatoms. The first-order valence-corrected chi connectivity index (χ1v) is 33.3. The van der Waals surface area contributed by atoms with Crippen molar-refractivity contribution in [3.8, 4) is 11.5 Å². The smallest absolute Gasteiger partial charge is 0.410 e. The summed E-state index contributed by atoms with van der Waals surface area (Å²) in [5.74, 6) is -2.76. The van der Waals surface area contributed by atoms with Crippen molar-refractivity contribution in [2.24, 2.45) is 11.8 Å². The highest BCUT2D eigenvalue weighted by atomic mass is 32.2. The van der Waals surface area contributed by atoms with Crippen LogP contribution >= 0.6 is 0 Å². The van der Waals surface area contributed by atoms with Crippen molar-refractivity contribution in [1.82, 2.24) is 39.3 Å². The van der Waals surface area contributed by atoms with Crippen LogP contribution in [0.1, 0.15) is 81.5 Å². The van der Waals surface area contributed by atoms with E-state index in [0.29, 0.717) is 82.0 Å². The zero-order chi connectivity index (χ0) is 64.0. The van der Waals surface area contributed by atoms with Crippen LogP contribution in [-0.2, 0) is 56.8 Å². The fraction of sp³-hybridized carbons (Fsp3) is 0.540. The molecule has 6 aliphatic rings. The minimum atomic E-state index is -4.04. The molecule has 89 heavy (non-hydrogen) atoms. The molecule has 6 heterocycles. The van der Waals surface area contributed by atoms with Crippen molar-refractivity contribution in [1.29, 1.82) is 0 Å². The van der Waals surface area contributed by atoms with E-state index in [-0.39, 0.29) is 98.2 Å². The number of sulfonamides is 2. The molecule has 0 saturated carbocycles. The fourth-order valence-corrected chi connectivity index (χ4v) is 15.3. The summed E-state index contributed by atoms with van der Waals surface area (Å²) < 4.78 is 104. The highest BCUT2D eigenvalue weighted by molar-refractivity contribution is 7.89. The second-order valence-corrected chi connectivity index (χ2v) is 28.8. The van der Waals surface area contributed by atoms with Gasteiger partial charge in [-0.3, -0.25) is 24.1 Å². The van der Waals surface area contributed by atoms with Gasteiger partial charge in [-0.25, -0.2) is 30.4 Å². The number of halogens is 2. The average molecular weight is 1280 g/mol. The molecule has 4 saturated heterocycles. The number of rotatable bonds is 8. The molecule has 4 aromatic rings. The Bertz CT molecular complexity index is 3470. The van der Waals surface area contributed by atoms with Crippen molar-refractivity contribution in [2.45, 2.75) is 138 Å². The molecule has 4 fully saturated rings. The predicted octanol–water partition coefficient (Wildman–Crippen LogP) is 4.06. The standard InChI is InChI=1S/C34H45FN4O8S.C29H37FN4O6S/c1-22-8-7-9-27(14-22)48(44,45)38-11-12-39(33(43)47-34(2,3)4)29(21-38)31(41)28-17-23-15-25(35)19-26(16-23)46-13-6-5-10-37-20-24(18-30(37)40)32(42)36-28;1-19-5-4-6-24(11-19)41(38,39)34-9-7-31-26(18-34)28(36)25-14-20-12-22(30)16-23(13-20)40-10-3-2-8-33-17-21(15-27(33)35)29(37)32-25/h7-9,14-16,19,24,28-29,31,41H,5-6,10-13,17-18,20-21H2,1-4H3,(H,36,42);4-6,11-13,16,21,25-26,28,31,36H,2-3,7-10,14-15,17-18H2,1H3,(H,32,37)/t24?,28-,29+,31-;21?,25-,26+,28-/m00/s1.